The van der Waals surface area contributed by atoms with E-state index >= 15 is 0 Å². The third-order valence-corrected chi connectivity index (χ3v) is 5.06. The molecular formula is C20H20ClN3O2. The molecule has 1 aliphatic heterocycles. The SMILES string of the molecule is O=C(Cc1c[nH]c2ccccc12)N1CCCC(Oc2ccncc2Cl)C1. The number of piperidine rings is 1. The number of H-pyrrole nitrogens is 1. The molecule has 4 rings (SSSR count). The van der Waals surface area contributed by atoms with E-state index in [1.807, 2.05) is 35.4 Å². The van der Waals surface area contributed by atoms with Gasteiger partial charge in [-0.25, -0.2) is 0 Å². The summed E-state index contributed by atoms with van der Waals surface area (Å²) in [5, 5.41) is 1.60. The van der Waals surface area contributed by atoms with Crippen molar-refractivity contribution < 1.29 is 9.53 Å². The second kappa shape index (κ2) is 7.38. The van der Waals surface area contributed by atoms with Gasteiger partial charge in [-0.15, -0.1) is 0 Å². The fourth-order valence-electron chi connectivity index (χ4n) is 3.45. The van der Waals surface area contributed by atoms with Crippen molar-refractivity contribution in [3.05, 3.63) is 59.5 Å². The zero-order valence-corrected chi connectivity index (χ0v) is 15.1. The van der Waals surface area contributed by atoms with Gasteiger partial charge in [0.05, 0.1) is 13.0 Å². The number of pyridine rings is 1. The first kappa shape index (κ1) is 16.9. The number of carbonyl (C=O) groups is 1. The second-order valence-corrected chi connectivity index (χ2v) is 6.97. The Bertz CT molecular complexity index is 924. The number of hydrogen-bond donors (Lipinski definition) is 1. The molecule has 0 saturated carbocycles. The molecule has 1 unspecified atom stereocenters. The lowest BCUT2D eigenvalue weighted by Gasteiger charge is -2.33. The lowest BCUT2D eigenvalue weighted by atomic mass is 10.1. The van der Waals surface area contributed by atoms with E-state index in [1.54, 1.807) is 18.5 Å². The van der Waals surface area contributed by atoms with E-state index in [9.17, 15) is 4.79 Å². The zero-order chi connectivity index (χ0) is 17.9. The van der Waals surface area contributed by atoms with Crippen molar-refractivity contribution in [2.75, 3.05) is 13.1 Å². The predicted octanol–water partition coefficient (Wildman–Crippen LogP) is 3.83. The Labute approximate surface area is 156 Å². The Morgan fingerprint density at radius 2 is 2.23 bits per heavy atom. The number of aromatic amines is 1. The summed E-state index contributed by atoms with van der Waals surface area (Å²) in [5.74, 6) is 0.751. The standard InChI is InChI=1S/C20H20ClN3O2/c21-17-12-22-8-7-19(17)26-15-4-3-9-24(13-15)20(25)10-14-11-23-18-6-2-1-5-16(14)18/h1-2,5-8,11-12,15,23H,3-4,9-10,13H2. The second-order valence-electron chi connectivity index (χ2n) is 6.56. The van der Waals surface area contributed by atoms with E-state index in [4.69, 9.17) is 16.3 Å². The van der Waals surface area contributed by atoms with Gasteiger partial charge in [0, 0.05) is 42.1 Å². The summed E-state index contributed by atoms with van der Waals surface area (Å²) in [6, 6.07) is 9.80. The summed E-state index contributed by atoms with van der Waals surface area (Å²) in [6.45, 7) is 1.35. The van der Waals surface area contributed by atoms with Crippen molar-refractivity contribution >= 4 is 28.4 Å². The molecule has 1 N–H and O–H groups in total. The summed E-state index contributed by atoms with van der Waals surface area (Å²) in [5.41, 5.74) is 2.09. The van der Waals surface area contributed by atoms with E-state index in [2.05, 4.69) is 9.97 Å². The monoisotopic (exact) mass is 369 g/mol. The van der Waals surface area contributed by atoms with Crippen LogP contribution in [0.2, 0.25) is 5.02 Å². The minimum absolute atomic E-state index is 0.0458. The van der Waals surface area contributed by atoms with Crippen LogP contribution < -0.4 is 4.74 Å². The summed E-state index contributed by atoms with van der Waals surface area (Å²) < 4.78 is 6.00. The van der Waals surface area contributed by atoms with Crippen LogP contribution in [0, 0.1) is 0 Å². The van der Waals surface area contributed by atoms with Crippen molar-refractivity contribution in [3.8, 4) is 5.75 Å². The molecule has 26 heavy (non-hydrogen) atoms. The van der Waals surface area contributed by atoms with Gasteiger partial charge in [0.25, 0.3) is 0 Å². The normalized spacial score (nSPS) is 17.4. The number of fused-ring (bicyclic) bond motifs is 1. The van der Waals surface area contributed by atoms with E-state index in [0.717, 1.165) is 35.9 Å². The number of amides is 1. The number of rotatable bonds is 4. The molecule has 3 aromatic rings. The number of benzene rings is 1. The molecule has 6 heteroatoms. The van der Waals surface area contributed by atoms with Crippen LogP contribution in [0.1, 0.15) is 18.4 Å². The number of para-hydroxylation sites is 1. The molecule has 1 aromatic carbocycles. The summed E-state index contributed by atoms with van der Waals surface area (Å²) in [4.78, 5) is 21.9. The highest BCUT2D eigenvalue weighted by Gasteiger charge is 2.26. The first-order chi connectivity index (χ1) is 12.7. The van der Waals surface area contributed by atoms with Crippen LogP contribution in [0.3, 0.4) is 0 Å². The molecule has 0 aliphatic carbocycles. The van der Waals surface area contributed by atoms with Crippen LogP contribution in [-0.4, -0.2) is 40.0 Å². The zero-order valence-electron chi connectivity index (χ0n) is 14.3. The fourth-order valence-corrected chi connectivity index (χ4v) is 3.61. The molecule has 5 nitrogen and oxygen atoms in total. The number of nitrogens with zero attached hydrogens (tertiary/aromatic N) is 2. The predicted molar refractivity (Wildman–Crippen MR) is 101 cm³/mol. The van der Waals surface area contributed by atoms with Gasteiger partial charge in [-0.05, 0) is 24.5 Å². The number of likely N-dealkylation sites (tertiary alicyclic amines) is 1. The first-order valence-corrected chi connectivity index (χ1v) is 9.17. The van der Waals surface area contributed by atoms with Crippen LogP contribution >= 0.6 is 11.6 Å². The molecule has 2 aromatic heterocycles. The van der Waals surface area contributed by atoms with Gasteiger partial charge >= 0.3 is 0 Å². The Balaban J connectivity index is 1.42. The number of carbonyl (C=O) groups excluding carboxylic acids is 1. The lowest BCUT2D eigenvalue weighted by molar-refractivity contribution is -0.133. The van der Waals surface area contributed by atoms with Gasteiger partial charge in [-0.1, -0.05) is 29.8 Å². The topological polar surface area (TPSA) is 58.2 Å². The van der Waals surface area contributed by atoms with Crippen molar-refractivity contribution in [3.63, 3.8) is 0 Å². The van der Waals surface area contributed by atoms with Gasteiger partial charge in [0.2, 0.25) is 5.91 Å². The highest BCUT2D eigenvalue weighted by molar-refractivity contribution is 6.31. The molecule has 0 bridgehead atoms. The van der Waals surface area contributed by atoms with Crippen molar-refractivity contribution in [1.82, 2.24) is 14.9 Å². The maximum absolute atomic E-state index is 12.8. The molecule has 1 atom stereocenters. The molecule has 1 saturated heterocycles. The average molecular weight is 370 g/mol. The van der Waals surface area contributed by atoms with Crippen molar-refractivity contribution in [2.45, 2.75) is 25.4 Å². The van der Waals surface area contributed by atoms with Gasteiger partial charge in [-0.3, -0.25) is 9.78 Å². The van der Waals surface area contributed by atoms with Crippen LogP contribution in [0.15, 0.2) is 48.9 Å². The van der Waals surface area contributed by atoms with Crippen LogP contribution in [0.5, 0.6) is 5.75 Å². The van der Waals surface area contributed by atoms with Crippen LogP contribution in [0.4, 0.5) is 0 Å². The molecule has 3 heterocycles. The first-order valence-electron chi connectivity index (χ1n) is 8.79. The summed E-state index contributed by atoms with van der Waals surface area (Å²) in [6.07, 6.45) is 7.34. The van der Waals surface area contributed by atoms with Gasteiger partial charge in [-0.2, -0.15) is 0 Å². The van der Waals surface area contributed by atoms with Crippen molar-refractivity contribution in [1.29, 1.82) is 0 Å². The largest absolute Gasteiger partial charge is 0.487 e. The minimum Gasteiger partial charge on any atom is -0.487 e. The number of hydrogen-bond acceptors (Lipinski definition) is 3. The Kier molecular flexibility index (Phi) is 4.80. The van der Waals surface area contributed by atoms with Crippen molar-refractivity contribution in [2.24, 2.45) is 0 Å². The van der Waals surface area contributed by atoms with E-state index in [0.29, 0.717) is 23.7 Å². The molecule has 134 valence electrons. The van der Waals surface area contributed by atoms with Crippen LogP contribution in [-0.2, 0) is 11.2 Å². The molecule has 0 spiro atoms. The van der Waals surface area contributed by atoms with Crippen LogP contribution in [0.25, 0.3) is 10.9 Å². The highest BCUT2D eigenvalue weighted by atomic mass is 35.5. The van der Waals surface area contributed by atoms with E-state index in [1.165, 1.54) is 0 Å². The summed E-state index contributed by atoms with van der Waals surface area (Å²) in [7, 11) is 0. The Morgan fingerprint density at radius 1 is 1.35 bits per heavy atom. The highest BCUT2D eigenvalue weighted by Crippen LogP contribution is 2.26. The number of nitrogens with one attached hydrogen (secondary N) is 1. The van der Waals surface area contributed by atoms with Gasteiger partial charge in [0.1, 0.15) is 16.9 Å². The maximum atomic E-state index is 12.8. The van der Waals surface area contributed by atoms with Gasteiger partial charge in [0.15, 0.2) is 0 Å². The smallest absolute Gasteiger partial charge is 0.227 e. The number of halogens is 1. The third-order valence-electron chi connectivity index (χ3n) is 4.78. The number of ether oxygens (including phenoxy) is 1. The number of aromatic nitrogens is 2. The fraction of sp³-hybridized carbons (Fsp3) is 0.300. The average Bonchev–Trinajstić information content (AvgIpc) is 3.07. The Morgan fingerprint density at radius 3 is 3.12 bits per heavy atom. The third kappa shape index (κ3) is 3.53. The molecule has 1 amide bonds. The quantitative estimate of drug-likeness (QED) is 0.760. The molecule has 1 fully saturated rings. The van der Waals surface area contributed by atoms with Gasteiger partial charge < -0.3 is 14.6 Å². The lowest BCUT2D eigenvalue weighted by Crippen LogP contribution is -2.45. The maximum Gasteiger partial charge on any atom is 0.227 e. The molecule has 0 radical (unpaired) electrons. The van der Waals surface area contributed by atoms with E-state index in [-0.39, 0.29) is 12.0 Å². The molecule has 1 aliphatic rings. The Hall–Kier alpha value is -2.53. The van der Waals surface area contributed by atoms with E-state index < -0.39 is 0 Å². The minimum atomic E-state index is -0.0458. The molecular weight excluding hydrogens is 350 g/mol. The summed E-state index contributed by atoms with van der Waals surface area (Å²) >= 11 is 6.12.